The topological polar surface area (TPSA) is 35.2 Å². The molecule has 0 saturated heterocycles. The van der Waals surface area contributed by atoms with Gasteiger partial charge in [0.15, 0.2) is 0 Å². The van der Waals surface area contributed by atoms with Crippen LogP contribution in [0.1, 0.15) is 45.1 Å². The Hall–Kier alpha value is -0.450. The van der Waals surface area contributed by atoms with Gasteiger partial charge in [-0.15, -0.1) is 0 Å². The van der Waals surface area contributed by atoms with Crippen molar-refractivity contribution >= 4 is 15.9 Å². The zero-order valence-electron chi connectivity index (χ0n) is 12.9. The fraction of sp³-hybridized carbons (Fsp3) is 0.647. The maximum Gasteiger partial charge on any atom is 0.137 e. The summed E-state index contributed by atoms with van der Waals surface area (Å²) in [6, 6.07) is 5.01. The molecule has 0 aliphatic heterocycles. The van der Waals surface area contributed by atoms with Gasteiger partial charge in [0.1, 0.15) is 5.82 Å². The van der Waals surface area contributed by atoms with E-state index in [2.05, 4.69) is 22.9 Å². The van der Waals surface area contributed by atoms with Crippen LogP contribution in [0.25, 0.3) is 0 Å². The molecule has 4 heteroatoms. The normalized spacial score (nSPS) is 27.6. The molecule has 1 aliphatic carbocycles. The first-order chi connectivity index (χ1) is 9.98. The van der Waals surface area contributed by atoms with E-state index in [-0.39, 0.29) is 17.5 Å². The van der Waals surface area contributed by atoms with Crippen LogP contribution < -0.4 is 5.73 Å². The van der Waals surface area contributed by atoms with Gasteiger partial charge in [-0.1, -0.05) is 31.9 Å². The van der Waals surface area contributed by atoms with E-state index >= 15 is 0 Å². The van der Waals surface area contributed by atoms with Crippen molar-refractivity contribution in [1.82, 2.24) is 0 Å². The highest BCUT2D eigenvalue weighted by Gasteiger charge is 2.41. The van der Waals surface area contributed by atoms with Crippen molar-refractivity contribution < 1.29 is 9.13 Å². The zero-order valence-corrected chi connectivity index (χ0v) is 14.5. The highest BCUT2D eigenvalue weighted by Crippen LogP contribution is 2.38. The van der Waals surface area contributed by atoms with Crippen LogP contribution in [-0.4, -0.2) is 18.2 Å². The Morgan fingerprint density at radius 1 is 1.52 bits per heavy atom. The van der Waals surface area contributed by atoms with Crippen LogP contribution in [0.5, 0.6) is 0 Å². The maximum atomic E-state index is 13.7. The summed E-state index contributed by atoms with van der Waals surface area (Å²) in [6.07, 6.45) is 5.02. The number of halogens is 2. The number of ether oxygens (including phenoxy) is 1. The van der Waals surface area contributed by atoms with E-state index in [4.69, 9.17) is 10.5 Å². The summed E-state index contributed by atoms with van der Waals surface area (Å²) in [4.78, 5) is 0. The summed E-state index contributed by atoms with van der Waals surface area (Å²) in [6.45, 7) is 4.95. The van der Waals surface area contributed by atoms with Gasteiger partial charge in [0, 0.05) is 12.6 Å². The Labute approximate surface area is 135 Å². The summed E-state index contributed by atoms with van der Waals surface area (Å²) in [7, 11) is 0. The molecule has 1 aromatic rings. The van der Waals surface area contributed by atoms with Crippen LogP contribution in [0.4, 0.5) is 4.39 Å². The molecule has 3 atom stereocenters. The molecule has 0 aromatic heterocycles. The van der Waals surface area contributed by atoms with Gasteiger partial charge in [0.05, 0.1) is 10.1 Å². The Kier molecular flexibility index (Phi) is 5.81. The van der Waals surface area contributed by atoms with Crippen LogP contribution in [0.2, 0.25) is 0 Å². The molecule has 0 radical (unpaired) electrons. The van der Waals surface area contributed by atoms with Gasteiger partial charge >= 0.3 is 0 Å². The van der Waals surface area contributed by atoms with Crippen LogP contribution in [0, 0.1) is 11.7 Å². The van der Waals surface area contributed by atoms with Crippen molar-refractivity contribution in [3.63, 3.8) is 0 Å². The van der Waals surface area contributed by atoms with E-state index in [9.17, 15) is 4.39 Å². The molecule has 0 spiro atoms. The van der Waals surface area contributed by atoms with Crippen LogP contribution >= 0.6 is 15.9 Å². The molecule has 1 aromatic carbocycles. The van der Waals surface area contributed by atoms with Crippen molar-refractivity contribution in [2.24, 2.45) is 11.7 Å². The molecule has 0 heterocycles. The number of hydrogen-bond donors (Lipinski definition) is 1. The molecule has 1 fully saturated rings. The van der Waals surface area contributed by atoms with Crippen molar-refractivity contribution in [3.8, 4) is 0 Å². The monoisotopic (exact) mass is 357 g/mol. The number of benzene rings is 1. The Balaban J connectivity index is 2.18. The van der Waals surface area contributed by atoms with Crippen LogP contribution in [0.15, 0.2) is 22.7 Å². The third-order valence-electron chi connectivity index (χ3n) is 4.57. The largest absolute Gasteiger partial charge is 0.374 e. The second kappa shape index (κ2) is 7.21. The van der Waals surface area contributed by atoms with Crippen molar-refractivity contribution in [2.75, 3.05) is 6.61 Å². The zero-order chi connectivity index (χ0) is 15.5. The molecule has 2 N–H and O–H groups in total. The molecule has 0 amide bonds. The lowest BCUT2D eigenvalue weighted by molar-refractivity contribution is -0.0925. The molecule has 2 nitrogen and oxygen atoms in total. The van der Waals surface area contributed by atoms with Crippen molar-refractivity contribution in [1.29, 1.82) is 0 Å². The highest BCUT2D eigenvalue weighted by atomic mass is 79.9. The van der Waals surface area contributed by atoms with Gasteiger partial charge in [-0.05, 0) is 59.7 Å². The molecule has 1 saturated carbocycles. The quantitative estimate of drug-likeness (QED) is 0.844. The van der Waals surface area contributed by atoms with E-state index < -0.39 is 0 Å². The lowest BCUT2D eigenvalue weighted by atomic mass is 9.73. The number of hydrogen-bond acceptors (Lipinski definition) is 2. The third-order valence-corrected chi connectivity index (χ3v) is 5.46. The Bertz CT molecular complexity index is 478. The second-order valence-electron chi connectivity index (χ2n) is 6.22. The minimum atomic E-state index is -0.266. The summed E-state index contributed by atoms with van der Waals surface area (Å²) < 4.78 is 20.3. The average Bonchev–Trinajstić information content (AvgIpc) is 2.44. The van der Waals surface area contributed by atoms with E-state index in [0.717, 1.165) is 24.8 Å². The van der Waals surface area contributed by atoms with Crippen molar-refractivity contribution in [2.45, 2.75) is 57.6 Å². The minimum Gasteiger partial charge on any atom is -0.374 e. The fourth-order valence-corrected chi connectivity index (χ4v) is 3.96. The SMILES string of the molecule is CCOC1(C(N)Cc2cccc(F)c2Br)CCCC(C)C1. The Morgan fingerprint density at radius 2 is 2.29 bits per heavy atom. The molecule has 2 rings (SSSR count). The predicted octanol–water partition coefficient (Wildman–Crippen LogP) is 4.44. The summed E-state index contributed by atoms with van der Waals surface area (Å²) >= 11 is 3.33. The van der Waals surface area contributed by atoms with E-state index in [1.165, 1.54) is 12.5 Å². The van der Waals surface area contributed by atoms with Crippen LogP contribution in [0.3, 0.4) is 0 Å². The van der Waals surface area contributed by atoms with Crippen molar-refractivity contribution in [3.05, 3.63) is 34.1 Å². The number of rotatable bonds is 5. The van der Waals surface area contributed by atoms with E-state index in [1.807, 2.05) is 13.0 Å². The van der Waals surface area contributed by atoms with Gasteiger partial charge in [-0.2, -0.15) is 0 Å². The van der Waals surface area contributed by atoms with E-state index in [0.29, 0.717) is 23.4 Å². The molecule has 0 bridgehead atoms. The molecule has 1 aliphatic rings. The first-order valence-corrected chi connectivity index (χ1v) is 8.60. The summed E-state index contributed by atoms with van der Waals surface area (Å²) in [5.74, 6) is 0.398. The molecular formula is C17H25BrFNO. The fourth-order valence-electron chi connectivity index (χ4n) is 3.54. The summed E-state index contributed by atoms with van der Waals surface area (Å²) in [5, 5.41) is 0. The highest BCUT2D eigenvalue weighted by molar-refractivity contribution is 9.10. The molecule has 21 heavy (non-hydrogen) atoms. The molecule has 118 valence electrons. The van der Waals surface area contributed by atoms with Gasteiger partial charge in [-0.25, -0.2) is 4.39 Å². The third kappa shape index (κ3) is 3.85. The first kappa shape index (κ1) is 16.9. The number of nitrogens with two attached hydrogens (primary N) is 1. The maximum absolute atomic E-state index is 13.7. The van der Waals surface area contributed by atoms with E-state index in [1.54, 1.807) is 6.07 Å². The lowest BCUT2D eigenvalue weighted by Gasteiger charge is -2.44. The van der Waals surface area contributed by atoms with Gasteiger partial charge < -0.3 is 10.5 Å². The standard InChI is InChI=1S/C17H25BrFNO/c1-3-21-17(9-5-6-12(2)11-17)15(20)10-13-7-4-8-14(19)16(13)18/h4,7-8,12,15H,3,5-6,9-11,20H2,1-2H3. The molecule has 3 unspecified atom stereocenters. The lowest BCUT2D eigenvalue weighted by Crippen LogP contribution is -2.53. The van der Waals surface area contributed by atoms with Gasteiger partial charge in [0.2, 0.25) is 0 Å². The first-order valence-electron chi connectivity index (χ1n) is 7.81. The minimum absolute atomic E-state index is 0.113. The predicted molar refractivity (Wildman–Crippen MR) is 87.8 cm³/mol. The molecular weight excluding hydrogens is 333 g/mol. The Morgan fingerprint density at radius 3 is 2.95 bits per heavy atom. The van der Waals surface area contributed by atoms with Crippen LogP contribution in [-0.2, 0) is 11.2 Å². The summed E-state index contributed by atoms with van der Waals surface area (Å²) in [5.41, 5.74) is 7.17. The van der Waals surface area contributed by atoms with Gasteiger partial charge in [0.25, 0.3) is 0 Å². The smallest absolute Gasteiger partial charge is 0.137 e. The average molecular weight is 358 g/mol. The second-order valence-corrected chi connectivity index (χ2v) is 7.02. The van der Waals surface area contributed by atoms with Gasteiger partial charge in [-0.3, -0.25) is 0 Å².